The molecule has 0 fully saturated rings. The number of nitrogens with one attached hydrogen (secondary N) is 1. The van der Waals surface area contributed by atoms with Gasteiger partial charge >= 0.3 is 5.97 Å². The van der Waals surface area contributed by atoms with Crippen LogP contribution in [0.25, 0.3) is 16.5 Å². The van der Waals surface area contributed by atoms with E-state index in [1.165, 1.54) is 41.8 Å². The molecule has 2 heterocycles. The van der Waals surface area contributed by atoms with Crippen molar-refractivity contribution < 1.29 is 18.7 Å². The number of ether oxygens (including phenoxy) is 1. The van der Waals surface area contributed by atoms with Gasteiger partial charge in [0.2, 0.25) is 0 Å². The molecule has 1 N–H and O–H groups in total. The monoisotopic (exact) mass is 505 g/mol. The molecule has 2 aromatic heterocycles. The predicted molar refractivity (Wildman–Crippen MR) is 126 cm³/mol. The van der Waals surface area contributed by atoms with E-state index < -0.39 is 23.3 Å². The number of amides is 1. The van der Waals surface area contributed by atoms with Crippen molar-refractivity contribution >= 4 is 62.2 Å². The molecule has 0 aliphatic rings. The summed E-state index contributed by atoms with van der Waals surface area (Å²) in [6, 6.07) is 9.60. The van der Waals surface area contributed by atoms with Crippen molar-refractivity contribution in [1.82, 2.24) is 9.78 Å². The van der Waals surface area contributed by atoms with Crippen molar-refractivity contribution in [3.05, 3.63) is 85.3 Å². The van der Waals surface area contributed by atoms with E-state index in [9.17, 15) is 18.8 Å². The van der Waals surface area contributed by atoms with Gasteiger partial charge in [0, 0.05) is 15.8 Å². The zero-order chi connectivity index (χ0) is 23.7. The number of hydrogen-bond donors (Lipinski definition) is 1. The molecule has 33 heavy (non-hydrogen) atoms. The van der Waals surface area contributed by atoms with Crippen LogP contribution in [0.15, 0.2) is 52.6 Å². The highest BCUT2D eigenvalue weighted by molar-refractivity contribution is 7.16. The van der Waals surface area contributed by atoms with Crippen LogP contribution < -0.4 is 10.9 Å². The number of carbonyl (C=O) groups is 2. The fraction of sp³-hybridized carbons (Fsp3) is 0.0909. The van der Waals surface area contributed by atoms with Gasteiger partial charge in [-0.05, 0) is 43.3 Å². The largest absolute Gasteiger partial charge is 0.461 e. The van der Waals surface area contributed by atoms with Crippen LogP contribution in [0, 0.1) is 5.82 Å². The second-order valence-electron chi connectivity index (χ2n) is 6.70. The molecule has 0 saturated heterocycles. The first-order chi connectivity index (χ1) is 15.8. The van der Waals surface area contributed by atoms with Gasteiger partial charge in [0.1, 0.15) is 10.8 Å². The molecule has 1 amide bonds. The van der Waals surface area contributed by atoms with Crippen molar-refractivity contribution in [2.45, 2.75) is 6.92 Å². The molecule has 0 atom stereocenters. The summed E-state index contributed by atoms with van der Waals surface area (Å²) < 4.78 is 19.8. The number of nitrogens with zero attached hydrogens (tertiary/aromatic N) is 2. The molecule has 0 aliphatic carbocycles. The average molecular weight is 506 g/mol. The van der Waals surface area contributed by atoms with Gasteiger partial charge in [0.15, 0.2) is 5.69 Å². The fourth-order valence-corrected chi connectivity index (χ4v) is 4.42. The Morgan fingerprint density at radius 1 is 1.21 bits per heavy atom. The van der Waals surface area contributed by atoms with Crippen LogP contribution in [-0.4, -0.2) is 28.3 Å². The normalized spacial score (nSPS) is 10.9. The maximum Gasteiger partial charge on any atom is 0.359 e. The minimum Gasteiger partial charge on any atom is -0.461 e. The number of thiophene rings is 1. The van der Waals surface area contributed by atoms with Gasteiger partial charge < -0.3 is 10.1 Å². The van der Waals surface area contributed by atoms with Crippen LogP contribution in [0.3, 0.4) is 0 Å². The lowest BCUT2D eigenvalue weighted by molar-refractivity contribution is 0.0520. The van der Waals surface area contributed by atoms with Crippen LogP contribution in [-0.2, 0) is 4.74 Å². The van der Waals surface area contributed by atoms with E-state index >= 15 is 0 Å². The van der Waals surface area contributed by atoms with Crippen LogP contribution in [0.1, 0.15) is 27.8 Å². The summed E-state index contributed by atoms with van der Waals surface area (Å²) in [5, 5.41) is 9.15. The first-order valence-electron chi connectivity index (χ1n) is 9.54. The summed E-state index contributed by atoms with van der Waals surface area (Å²) >= 11 is 13.1. The molecule has 0 bridgehead atoms. The third-order valence-electron chi connectivity index (χ3n) is 4.57. The quantitative estimate of drug-likeness (QED) is 0.370. The highest BCUT2D eigenvalue weighted by Crippen LogP contribution is 2.32. The second-order valence-corrected chi connectivity index (χ2v) is 8.42. The lowest BCUT2D eigenvalue weighted by Gasteiger charge is -2.10. The molecule has 4 aromatic rings. The number of carbonyl (C=O) groups excluding carboxylic acids is 2. The first-order valence-corrected chi connectivity index (χ1v) is 11.2. The molecule has 4 rings (SSSR count). The molecule has 0 saturated carbocycles. The maximum atomic E-state index is 13.8. The minimum atomic E-state index is -0.763. The van der Waals surface area contributed by atoms with Crippen molar-refractivity contribution in [3.8, 4) is 5.69 Å². The standard InChI is InChI=1S/C22H14Cl2FN3O4S/c1-2-32-22(31)18-15-10-33-20(26-19(29)14-8-11(23)6-7-16(14)24)17(15)21(30)28(27-18)13-5-3-4-12(25)9-13/h3-10H,2H2,1H3,(H,26,29). The third kappa shape index (κ3) is 4.47. The molecule has 0 radical (unpaired) electrons. The Hall–Kier alpha value is -3.27. The molecule has 7 nitrogen and oxygen atoms in total. The van der Waals surface area contributed by atoms with Gasteiger partial charge in [0.25, 0.3) is 11.5 Å². The summed E-state index contributed by atoms with van der Waals surface area (Å²) in [7, 11) is 0. The molecule has 11 heteroatoms. The predicted octanol–water partition coefficient (Wildman–Crippen LogP) is 5.32. The molecule has 168 valence electrons. The fourth-order valence-electron chi connectivity index (χ4n) is 3.12. The Bertz CT molecular complexity index is 1470. The zero-order valence-corrected chi connectivity index (χ0v) is 19.2. The van der Waals surface area contributed by atoms with Crippen molar-refractivity contribution in [3.63, 3.8) is 0 Å². The lowest BCUT2D eigenvalue weighted by atomic mass is 10.2. The molecular weight excluding hydrogens is 492 g/mol. The van der Waals surface area contributed by atoms with E-state index in [0.29, 0.717) is 5.02 Å². The Balaban J connectivity index is 1.90. The highest BCUT2D eigenvalue weighted by Gasteiger charge is 2.24. The van der Waals surface area contributed by atoms with Crippen LogP contribution in [0.2, 0.25) is 10.0 Å². The number of benzene rings is 2. The van der Waals surface area contributed by atoms with Crippen molar-refractivity contribution in [2.24, 2.45) is 0 Å². The SMILES string of the molecule is CCOC(=O)c1nn(-c2cccc(F)c2)c(=O)c2c(NC(=O)c3cc(Cl)ccc3Cl)scc12. The smallest absolute Gasteiger partial charge is 0.359 e. The average Bonchev–Trinajstić information content (AvgIpc) is 3.20. The number of anilines is 1. The summed E-state index contributed by atoms with van der Waals surface area (Å²) in [6.07, 6.45) is 0. The van der Waals surface area contributed by atoms with E-state index in [1.54, 1.807) is 6.92 Å². The number of esters is 1. The summed E-state index contributed by atoms with van der Waals surface area (Å²) in [5.74, 6) is -1.95. The summed E-state index contributed by atoms with van der Waals surface area (Å²) in [4.78, 5) is 38.7. The van der Waals surface area contributed by atoms with Gasteiger partial charge in [-0.3, -0.25) is 9.59 Å². The molecule has 0 spiro atoms. The maximum absolute atomic E-state index is 13.8. The highest BCUT2D eigenvalue weighted by atomic mass is 35.5. The summed E-state index contributed by atoms with van der Waals surface area (Å²) in [5.41, 5.74) is -0.588. The first kappa shape index (κ1) is 22.9. The van der Waals surface area contributed by atoms with E-state index in [4.69, 9.17) is 27.9 Å². The molecular formula is C22H14Cl2FN3O4S. The Kier molecular flexibility index (Phi) is 6.46. The Morgan fingerprint density at radius 3 is 2.73 bits per heavy atom. The van der Waals surface area contributed by atoms with E-state index in [-0.39, 0.29) is 44.3 Å². The molecule has 0 aliphatic heterocycles. The van der Waals surface area contributed by atoms with Gasteiger partial charge in [0.05, 0.1) is 28.3 Å². The number of fused-ring (bicyclic) bond motifs is 1. The zero-order valence-electron chi connectivity index (χ0n) is 16.9. The van der Waals surface area contributed by atoms with Crippen LogP contribution in [0.4, 0.5) is 9.39 Å². The Labute approximate surface area is 200 Å². The van der Waals surface area contributed by atoms with E-state index in [1.807, 2.05) is 0 Å². The van der Waals surface area contributed by atoms with Gasteiger partial charge in [-0.25, -0.2) is 9.18 Å². The van der Waals surface area contributed by atoms with Crippen molar-refractivity contribution in [2.75, 3.05) is 11.9 Å². The van der Waals surface area contributed by atoms with Gasteiger partial charge in [-0.2, -0.15) is 9.78 Å². The molecule has 2 aromatic carbocycles. The second kappa shape index (κ2) is 9.30. The van der Waals surface area contributed by atoms with E-state index in [2.05, 4.69) is 10.4 Å². The van der Waals surface area contributed by atoms with Crippen LogP contribution >= 0.6 is 34.5 Å². The van der Waals surface area contributed by atoms with Crippen LogP contribution in [0.5, 0.6) is 0 Å². The number of hydrogen-bond acceptors (Lipinski definition) is 6. The lowest BCUT2D eigenvalue weighted by Crippen LogP contribution is -2.25. The third-order valence-corrected chi connectivity index (χ3v) is 6.03. The minimum absolute atomic E-state index is 0.0221. The topological polar surface area (TPSA) is 90.3 Å². The van der Waals surface area contributed by atoms with Crippen molar-refractivity contribution in [1.29, 1.82) is 0 Å². The molecule has 0 unspecified atom stereocenters. The summed E-state index contributed by atoms with van der Waals surface area (Å²) in [6.45, 7) is 1.72. The number of halogens is 3. The number of aromatic nitrogens is 2. The van der Waals surface area contributed by atoms with Gasteiger partial charge in [-0.1, -0.05) is 29.3 Å². The number of rotatable bonds is 5. The Morgan fingerprint density at radius 2 is 2.00 bits per heavy atom. The van der Waals surface area contributed by atoms with E-state index in [0.717, 1.165) is 22.1 Å². The van der Waals surface area contributed by atoms with Gasteiger partial charge in [-0.15, -0.1) is 11.3 Å².